The molecule has 0 aliphatic carbocycles. The van der Waals surface area contributed by atoms with Gasteiger partial charge in [-0.05, 0) is 0 Å². The van der Waals surface area contributed by atoms with Gasteiger partial charge in [0.25, 0.3) is 0 Å². The molecule has 0 aliphatic heterocycles. The van der Waals surface area contributed by atoms with Crippen molar-refractivity contribution in [1.29, 1.82) is 0 Å². The first kappa shape index (κ1) is 8.63. The van der Waals surface area contributed by atoms with Crippen LogP contribution in [0.2, 0.25) is 0 Å². The number of hydrogen-bond donors (Lipinski definition) is 0. The van der Waals surface area contributed by atoms with Crippen molar-refractivity contribution >= 4 is 0 Å². The molecule has 0 amide bonds. The van der Waals surface area contributed by atoms with E-state index in [2.05, 4.69) is 0 Å². The molecule has 4 heteroatoms. The van der Waals surface area contributed by atoms with Crippen LogP contribution in [0.3, 0.4) is 0 Å². The van der Waals surface area contributed by atoms with E-state index in [4.69, 9.17) is 0 Å². The molecule has 0 spiro atoms. The first-order valence-electron chi connectivity index (χ1n) is 2.49. The molecule has 58 valence electrons. The quantitative estimate of drug-likeness (QED) is 0.467. The van der Waals surface area contributed by atoms with E-state index in [1.54, 1.807) is 24.3 Å². The average Bonchev–Trinajstić information content (AvgIpc) is 2.04. The SMILES string of the molecule is F[I-]c1ccccc1[I-]F. The molecule has 0 nitrogen and oxygen atoms in total. The predicted molar refractivity (Wildman–Crippen MR) is 26.1 cm³/mol. The number of rotatable bonds is 2. The number of benzene rings is 1. The molecule has 1 aromatic carbocycles. The first-order chi connectivity index (χ1) is 4.88. The molecule has 0 unspecified atom stereocenters. The summed E-state index contributed by atoms with van der Waals surface area (Å²) in [7, 11) is 0. The summed E-state index contributed by atoms with van der Waals surface area (Å²) in [5.41, 5.74) is 0. The van der Waals surface area contributed by atoms with Crippen molar-refractivity contribution in [3.63, 3.8) is 0 Å². The second kappa shape index (κ2) is 4.42. The van der Waals surface area contributed by atoms with Crippen molar-refractivity contribution in [1.82, 2.24) is 0 Å². The summed E-state index contributed by atoms with van der Waals surface area (Å²) in [6.07, 6.45) is 0. The maximum atomic E-state index is 12.1. The van der Waals surface area contributed by atoms with Crippen LogP contribution in [0.5, 0.6) is 0 Å². The number of hydrogen-bond acceptors (Lipinski definition) is 0. The fourth-order valence-electron chi connectivity index (χ4n) is 0.555. The molecule has 0 saturated carbocycles. The molecule has 1 aromatic rings. The Kier molecular flexibility index (Phi) is 3.82. The van der Waals surface area contributed by atoms with Crippen LogP contribution >= 0.6 is 0 Å². The Morgan fingerprint density at radius 1 is 0.900 bits per heavy atom. The summed E-state index contributed by atoms with van der Waals surface area (Å²) < 4.78 is 25.5. The van der Waals surface area contributed by atoms with E-state index >= 15 is 0 Å². The van der Waals surface area contributed by atoms with Crippen molar-refractivity contribution in [3.8, 4) is 0 Å². The second-order valence-corrected chi connectivity index (χ2v) is 4.70. The van der Waals surface area contributed by atoms with Crippen LogP contribution < -0.4 is 43.6 Å². The van der Waals surface area contributed by atoms with Crippen molar-refractivity contribution in [3.05, 3.63) is 31.4 Å². The Bertz CT molecular complexity index is 192. The summed E-state index contributed by atoms with van der Waals surface area (Å²) in [5, 5.41) is 0. The van der Waals surface area contributed by atoms with Gasteiger partial charge in [-0.3, -0.25) is 0 Å². The van der Waals surface area contributed by atoms with Gasteiger partial charge in [-0.1, -0.05) is 0 Å². The zero-order chi connectivity index (χ0) is 7.40. The monoisotopic (exact) mass is 368 g/mol. The Labute approximate surface area is 80.1 Å². The fraction of sp³-hybridized carbons (Fsp3) is 0. The van der Waals surface area contributed by atoms with E-state index in [1.165, 1.54) is 0 Å². The molecule has 0 aromatic heterocycles. The molecule has 10 heavy (non-hydrogen) atoms. The van der Waals surface area contributed by atoms with Gasteiger partial charge in [0, 0.05) is 0 Å². The molecular weight excluding hydrogens is 364 g/mol. The van der Waals surface area contributed by atoms with Gasteiger partial charge in [0.1, 0.15) is 0 Å². The van der Waals surface area contributed by atoms with Crippen LogP contribution in [0.4, 0.5) is 5.72 Å². The molecule has 1 rings (SSSR count). The standard InChI is InChI=1S/C6H4F2I2/c7-9-5-3-1-2-4-6(5)10-8/h1-4H/q-2. The second-order valence-electron chi connectivity index (χ2n) is 1.56. The van der Waals surface area contributed by atoms with Gasteiger partial charge in [0.15, 0.2) is 0 Å². The third-order valence-corrected chi connectivity index (χ3v) is 4.77. The summed E-state index contributed by atoms with van der Waals surface area (Å²) in [5.74, 6) is 0. The minimum absolute atomic E-state index is 0.608. The van der Waals surface area contributed by atoms with E-state index in [-0.39, 0.29) is 0 Å². The van der Waals surface area contributed by atoms with E-state index in [9.17, 15) is 5.72 Å². The van der Waals surface area contributed by atoms with Gasteiger partial charge in [0.2, 0.25) is 0 Å². The molecule has 0 atom stereocenters. The Hall–Kier alpha value is 0.540. The third-order valence-electron chi connectivity index (χ3n) is 0.978. The zero-order valence-electron chi connectivity index (χ0n) is 4.82. The number of halogens is 4. The maximum absolute atomic E-state index is 12.1. The van der Waals surface area contributed by atoms with Gasteiger partial charge in [0.05, 0.1) is 0 Å². The topological polar surface area (TPSA) is 0 Å². The van der Waals surface area contributed by atoms with Gasteiger partial charge in [-0.2, -0.15) is 0 Å². The summed E-state index contributed by atoms with van der Waals surface area (Å²) in [6.45, 7) is 0. The van der Waals surface area contributed by atoms with Crippen molar-refractivity contribution in [2.24, 2.45) is 0 Å². The van der Waals surface area contributed by atoms with Gasteiger partial charge >= 0.3 is 80.7 Å². The predicted octanol–water partition coefficient (Wildman–Crippen LogP) is -4.03. The molecule has 0 heterocycles. The van der Waals surface area contributed by atoms with Crippen molar-refractivity contribution in [2.45, 2.75) is 0 Å². The van der Waals surface area contributed by atoms with Crippen molar-refractivity contribution in [2.75, 3.05) is 0 Å². The van der Waals surface area contributed by atoms with Gasteiger partial charge in [-0.15, -0.1) is 0 Å². The third kappa shape index (κ3) is 2.01. The molecular formula is C6H4F2I2-2. The normalized spacial score (nSPS) is 10.6. The zero-order valence-corrected chi connectivity index (χ0v) is 9.14. The molecule has 0 bridgehead atoms. The van der Waals surface area contributed by atoms with Crippen LogP contribution in [0.25, 0.3) is 0 Å². The Morgan fingerprint density at radius 3 is 1.60 bits per heavy atom. The molecule has 0 saturated heterocycles. The molecule has 0 aliphatic rings. The Morgan fingerprint density at radius 2 is 1.30 bits per heavy atom. The van der Waals surface area contributed by atoms with Crippen LogP contribution in [0.15, 0.2) is 24.3 Å². The van der Waals surface area contributed by atoms with Gasteiger partial charge in [-0.25, -0.2) is 0 Å². The fourth-order valence-corrected chi connectivity index (χ4v) is 3.03. The van der Waals surface area contributed by atoms with Crippen LogP contribution in [0, 0.1) is 7.14 Å². The first-order valence-corrected chi connectivity index (χ1v) is 6.28. The van der Waals surface area contributed by atoms with Crippen LogP contribution in [-0.2, 0) is 0 Å². The van der Waals surface area contributed by atoms with Crippen molar-refractivity contribution < 1.29 is 49.3 Å². The van der Waals surface area contributed by atoms with E-state index in [0.717, 1.165) is 0 Å². The van der Waals surface area contributed by atoms with Gasteiger partial charge < -0.3 is 0 Å². The molecule has 0 radical (unpaired) electrons. The molecule has 0 fully saturated rings. The molecule has 0 N–H and O–H groups in total. The average molecular weight is 368 g/mol. The van der Waals surface area contributed by atoms with Crippen LogP contribution in [0.1, 0.15) is 0 Å². The Balaban J connectivity index is 2.96. The van der Waals surface area contributed by atoms with E-state index in [0.29, 0.717) is 7.14 Å². The summed E-state index contributed by atoms with van der Waals surface area (Å²) >= 11 is -2.86. The van der Waals surface area contributed by atoms with E-state index < -0.39 is 43.6 Å². The minimum atomic E-state index is -1.43. The van der Waals surface area contributed by atoms with Crippen LogP contribution in [-0.4, -0.2) is 0 Å². The summed E-state index contributed by atoms with van der Waals surface area (Å²) in [6, 6.07) is 6.83. The van der Waals surface area contributed by atoms with E-state index in [1.807, 2.05) is 0 Å². The summed E-state index contributed by atoms with van der Waals surface area (Å²) in [4.78, 5) is 0.